The lowest BCUT2D eigenvalue weighted by Gasteiger charge is -2.18. The molecule has 0 heterocycles. The van der Waals surface area contributed by atoms with Gasteiger partial charge < -0.3 is 20.5 Å². The zero-order valence-electron chi connectivity index (χ0n) is 12.0. The number of anilines is 1. The molecule has 1 rings (SSSR count). The third-order valence-electron chi connectivity index (χ3n) is 2.80. The quantitative estimate of drug-likeness (QED) is 0.722. The van der Waals surface area contributed by atoms with Crippen molar-refractivity contribution in [2.75, 3.05) is 19.0 Å². The molecular formula is C14H19ClN2O4. The van der Waals surface area contributed by atoms with Crippen LogP contribution < -0.4 is 10.6 Å². The van der Waals surface area contributed by atoms with Crippen LogP contribution in [0.3, 0.4) is 0 Å². The molecule has 0 spiro atoms. The smallest absolute Gasteiger partial charge is 0.337 e. The van der Waals surface area contributed by atoms with Gasteiger partial charge in [0.1, 0.15) is 0 Å². The fourth-order valence-corrected chi connectivity index (χ4v) is 2.07. The Kier molecular flexibility index (Phi) is 6.98. The normalized spacial score (nSPS) is 11.8. The van der Waals surface area contributed by atoms with E-state index < -0.39 is 12.0 Å². The fourth-order valence-electron chi connectivity index (χ4n) is 1.90. The van der Waals surface area contributed by atoms with Crippen molar-refractivity contribution in [3.05, 3.63) is 28.8 Å². The molecule has 3 N–H and O–H groups in total. The Hall–Kier alpha value is -1.79. The van der Waals surface area contributed by atoms with Gasteiger partial charge in [0, 0.05) is 12.1 Å². The van der Waals surface area contributed by atoms with E-state index in [1.807, 2.05) is 6.92 Å². The molecule has 0 radical (unpaired) electrons. The average molecular weight is 315 g/mol. The number of halogens is 1. The van der Waals surface area contributed by atoms with Gasteiger partial charge in [-0.15, -0.1) is 0 Å². The van der Waals surface area contributed by atoms with Gasteiger partial charge in [-0.2, -0.15) is 0 Å². The third kappa shape index (κ3) is 5.61. The molecule has 6 nitrogen and oxygen atoms in total. The third-order valence-corrected chi connectivity index (χ3v) is 3.04. The van der Waals surface area contributed by atoms with Crippen LogP contribution in [0.5, 0.6) is 0 Å². The van der Waals surface area contributed by atoms with E-state index in [9.17, 15) is 9.59 Å². The maximum absolute atomic E-state index is 11.9. The summed E-state index contributed by atoms with van der Waals surface area (Å²) < 4.78 is 5.03. The maximum atomic E-state index is 11.9. The monoisotopic (exact) mass is 314 g/mol. The van der Waals surface area contributed by atoms with Crippen molar-refractivity contribution in [2.45, 2.75) is 25.8 Å². The molecule has 0 aromatic heterocycles. The highest BCUT2D eigenvalue weighted by molar-refractivity contribution is 6.31. The van der Waals surface area contributed by atoms with Crippen LogP contribution in [0.4, 0.5) is 10.5 Å². The van der Waals surface area contributed by atoms with Crippen LogP contribution in [0.1, 0.15) is 30.1 Å². The molecule has 21 heavy (non-hydrogen) atoms. The van der Waals surface area contributed by atoms with E-state index in [2.05, 4.69) is 10.6 Å². The van der Waals surface area contributed by atoms with Gasteiger partial charge >= 0.3 is 12.0 Å². The Bertz CT molecular complexity index is 502. The number of nitrogens with one attached hydrogen (secondary N) is 2. The lowest BCUT2D eigenvalue weighted by molar-refractivity contribution is 0.0698. The first-order valence-corrected chi connectivity index (χ1v) is 6.95. The molecule has 1 aromatic carbocycles. The lowest BCUT2D eigenvalue weighted by Crippen LogP contribution is -2.40. The van der Waals surface area contributed by atoms with Crippen molar-refractivity contribution in [1.29, 1.82) is 0 Å². The number of carboxylic acid groups (broad SMARTS) is 1. The summed E-state index contributed by atoms with van der Waals surface area (Å²) in [7, 11) is 1.56. The first kappa shape index (κ1) is 17.3. The van der Waals surface area contributed by atoms with Crippen molar-refractivity contribution in [3.8, 4) is 0 Å². The predicted octanol–water partition coefficient (Wildman–Crippen LogP) is 2.97. The van der Waals surface area contributed by atoms with E-state index in [1.165, 1.54) is 18.2 Å². The molecule has 116 valence electrons. The summed E-state index contributed by atoms with van der Waals surface area (Å²) in [6.45, 7) is 2.39. The number of urea groups is 1. The molecule has 0 aliphatic heterocycles. The Morgan fingerprint density at radius 1 is 1.43 bits per heavy atom. The number of carbonyl (C=O) groups is 2. The number of benzene rings is 1. The van der Waals surface area contributed by atoms with E-state index in [4.69, 9.17) is 21.4 Å². The number of carboxylic acids is 1. The average Bonchev–Trinajstić information content (AvgIpc) is 2.38. The second-order valence-corrected chi connectivity index (χ2v) is 4.97. The summed E-state index contributed by atoms with van der Waals surface area (Å²) in [4.78, 5) is 23.1. The Morgan fingerprint density at radius 3 is 2.71 bits per heavy atom. The van der Waals surface area contributed by atoms with Crippen LogP contribution in [0.25, 0.3) is 0 Å². The molecule has 2 amide bonds. The topological polar surface area (TPSA) is 87.7 Å². The SMILES string of the molecule is CCCC(COC)NC(=O)Nc1cc(Cl)ccc1C(=O)O. The summed E-state index contributed by atoms with van der Waals surface area (Å²) in [5, 5.41) is 14.7. The van der Waals surface area contributed by atoms with Gasteiger partial charge in [0.05, 0.1) is 23.9 Å². The van der Waals surface area contributed by atoms with Gasteiger partial charge in [0.15, 0.2) is 0 Å². The molecule has 1 atom stereocenters. The highest BCUT2D eigenvalue weighted by atomic mass is 35.5. The standard InChI is InChI=1S/C14H19ClN2O4/c1-3-4-10(8-21-2)16-14(20)17-12-7-9(15)5-6-11(12)13(18)19/h5-7,10H,3-4,8H2,1-2H3,(H,18,19)(H2,16,17,20). The predicted molar refractivity (Wildman–Crippen MR) is 81.1 cm³/mol. The summed E-state index contributed by atoms with van der Waals surface area (Å²) in [6.07, 6.45) is 1.66. The number of hydrogen-bond donors (Lipinski definition) is 3. The number of rotatable bonds is 7. The summed E-state index contributed by atoms with van der Waals surface area (Å²) in [5.74, 6) is -1.14. The lowest BCUT2D eigenvalue weighted by atomic mass is 10.1. The van der Waals surface area contributed by atoms with Crippen LogP contribution in [-0.4, -0.2) is 36.9 Å². The number of methoxy groups -OCH3 is 1. The van der Waals surface area contributed by atoms with E-state index in [-0.39, 0.29) is 17.3 Å². The number of hydrogen-bond acceptors (Lipinski definition) is 3. The van der Waals surface area contributed by atoms with E-state index in [1.54, 1.807) is 7.11 Å². The zero-order valence-corrected chi connectivity index (χ0v) is 12.7. The van der Waals surface area contributed by atoms with Crippen LogP contribution in [0, 0.1) is 0 Å². The van der Waals surface area contributed by atoms with Gasteiger partial charge in [-0.3, -0.25) is 0 Å². The zero-order chi connectivity index (χ0) is 15.8. The molecule has 1 aromatic rings. The highest BCUT2D eigenvalue weighted by Gasteiger charge is 2.15. The van der Waals surface area contributed by atoms with Crippen molar-refractivity contribution in [3.63, 3.8) is 0 Å². The molecular weight excluding hydrogens is 296 g/mol. The fraction of sp³-hybridized carbons (Fsp3) is 0.429. The first-order valence-electron chi connectivity index (χ1n) is 6.57. The maximum Gasteiger partial charge on any atom is 0.337 e. The molecule has 1 unspecified atom stereocenters. The molecule has 0 aliphatic carbocycles. The number of ether oxygens (including phenoxy) is 1. The second kappa shape index (κ2) is 8.49. The van der Waals surface area contributed by atoms with Gasteiger partial charge in [0.25, 0.3) is 0 Å². The van der Waals surface area contributed by atoms with Crippen LogP contribution in [-0.2, 0) is 4.74 Å². The van der Waals surface area contributed by atoms with Gasteiger partial charge in [-0.1, -0.05) is 24.9 Å². The Labute approximate surface area is 128 Å². The van der Waals surface area contributed by atoms with Crippen LogP contribution in [0.15, 0.2) is 18.2 Å². The minimum atomic E-state index is -1.14. The molecule has 0 aliphatic rings. The number of carbonyl (C=O) groups excluding carboxylic acids is 1. The number of aromatic carboxylic acids is 1. The Balaban J connectivity index is 2.78. The molecule has 0 fully saturated rings. The van der Waals surface area contributed by atoms with E-state index in [0.717, 1.165) is 12.8 Å². The van der Waals surface area contributed by atoms with Gasteiger partial charge in [-0.05, 0) is 24.6 Å². The van der Waals surface area contributed by atoms with Crippen molar-refractivity contribution < 1.29 is 19.4 Å². The van der Waals surface area contributed by atoms with Crippen LogP contribution >= 0.6 is 11.6 Å². The van der Waals surface area contributed by atoms with Crippen molar-refractivity contribution >= 4 is 29.3 Å². The molecule has 0 saturated heterocycles. The van der Waals surface area contributed by atoms with Crippen molar-refractivity contribution in [2.24, 2.45) is 0 Å². The molecule has 7 heteroatoms. The summed E-state index contributed by atoms with van der Waals surface area (Å²) in [6, 6.07) is 3.58. The Morgan fingerprint density at radius 2 is 2.14 bits per heavy atom. The largest absolute Gasteiger partial charge is 0.478 e. The van der Waals surface area contributed by atoms with E-state index >= 15 is 0 Å². The second-order valence-electron chi connectivity index (χ2n) is 4.53. The molecule has 0 saturated carbocycles. The highest BCUT2D eigenvalue weighted by Crippen LogP contribution is 2.21. The summed E-state index contributed by atoms with van der Waals surface area (Å²) in [5.41, 5.74) is 0.133. The number of amides is 2. The van der Waals surface area contributed by atoms with Gasteiger partial charge in [-0.25, -0.2) is 9.59 Å². The van der Waals surface area contributed by atoms with Crippen LogP contribution in [0.2, 0.25) is 5.02 Å². The minimum Gasteiger partial charge on any atom is -0.478 e. The van der Waals surface area contributed by atoms with E-state index in [0.29, 0.717) is 11.6 Å². The van der Waals surface area contributed by atoms with Crippen molar-refractivity contribution in [1.82, 2.24) is 5.32 Å². The molecule has 0 bridgehead atoms. The first-order chi connectivity index (χ1) is 9.97. The minimum absolute atomic E-state index is 0.0201. The summed E-state index contributed by atoms with van der Waals surface area (Å²) >= 11 is 5.83. The van der Waals surface area contributed by atoms with Gasteiger partial charge in [0.2, 0.25) is 0 Å².